The molecule has 0 unspecified atom stereocenters. The fourth-order valence-electron chi connectivity index (χ4n) is 11.1. The van der Waals surface area contributed by atoms with Crippen molar-refractivity contribution < 1.29 is 4.42 Å². The Hall–Kier alpha value is -8.76. The summed E-state index contributed by atoms with van der Waals surface area (Å²) in [6.45, 7) is 0. The van der Waals surface area contributed by atoms with Crippen LogP contribution in [0.1, 0.15) is 0 Å². The maximum Gasteiger partial charge on any atom is 0.179 e. The van der Waals surface area contributed by atoms with Crippen LogP contribution in [-0.2, 0) is 0 Å². The topological polar surface area (TPSA) is 16.4 Å². The van der Waals surface area contributed by atoms with E-state index < -0.39 is 8.07 Å². The smallest absolute Gasteiger partial charge is 0.179 e. The zero-order chi connectivity index (χ0) is 45.7. The zero-order valence-electron chi connectivity index (χ0n) is 37.8. The summed E-state index contributed by atoms with van der Waals surface area (Å²) in [7, 11) is -2.78. The first-order valence-electron chi connectivity index (χ1n) is 23.7. The quantitative estimate of drug-likeness (QED) is 0.0815. The van der Waals surface area contributed by atoms with Gasteiger partial charge in [-0.3, -0.25) is 0 Å². The highest BCUT2D eigenvalue weighted by Gasteiger charge is 2.41. The number of hydrogen-bond donors (Lipinski definition) is 0. The van der Waals surface area contributed by atoms with Crippen LogP contribution >= 0.6 is 0 Å². The Labute approximate surface area is 402 Å². The minimum Gasteiger partial charge on any atom is -0.455 e. The van der Waals surface area contributed by atoms with Gasteiger partial charge >= 0.3 is 0 Å². The summed E-state index contributed by atoms with van der Waals surface area (Å²) >= 11 is 0. The van der Waals surface area contributed by atoms with E-state index in [1.165, 1.54) is 53.4 Å². The Morgan fingerprint density at radius 1 is 0.290 bits per heavy atom. The van der Waals surface area contributed by atoms with Gasteiger partial charge in [-0.05, 0) is 113 Å². The van der Waals surface area contributed by atoms with Crippen molar-refractivity contribution >= 4 is 100 Å². The first-order valence-corrected chi connectivity index (χ1v) is 25.7. The van der Waals surface area contributed by atoms with Crippen LogP contribution in [0.4, 0.5) is 17.1 Å². The second-order valence-electron chi connectivity index (χ2n) is 17.9. The van der Waals surface area contributed by atoms with Gasteiger partial charge in [0.15, 0.2) is 8.07 Å². The normalized spacial score (nSPS) is 11.8. The Bertz CT molecular complexity index is 3880. The van der Waals surface area contributed by atoms with E-state index in [-0.39, 0.29) is 0 Å². The Balaban J connectivity index is 1.05. The number of anilines is 3. The molecule has 0 bridgehead atoms. The van der Waals surface area contributed by atoms with Crippen LogP contribution < -0.4 is 25.6 Å². The second-order valence-corrected chi connectivity index (χ2v) is 21.7. The van der Waals surface area contributed by atoms with Crippen molar-refractivity contribution in [2.45, 2.75) is 0 Å². The first kappa shape index (κ1) is 40.5. The molecule has 0 spiro atoms. The lowest BCUT2D eigenvalue weighted by molar-refractivity contribution is 0.674. The Morgan fingerprint density at radius 2 is 0.768 bits per heavy atom. The maximum absolute atomic E-state index is 7.16. The largest absolute Gasteiger partial charge is 0.455 e. The van der Waals surface area contributed by atoms with Crippen molar-refractivity contribution in [3.8, 4) is 22.3 Å². The summed E-state index contributed by atoms with van der Waals surface area (Å²) < 4.78 is 7.16. The van der Waals surface area contributed by atoms with Gasteiger partial charge in [0.1, 0.15) is 11.2 Å². The summed E-state index contributed by atoms with van der Waals surface area (Å²) in [6.07, 6.45) is 0. The molecule has 1 heterocycles. The molecule has 1 aromatic heterocycles. The monoisotopic (exact) mass is 895 g/mol. The summed E-state index contributed by atoms with van der Waals surface area (Å²) in [5.41, 5.74) is 9.50. The van der Waals surface area contributed by atoms with Crippen molar-refractivity contribution in [2.24, 2.45) is 0 Å². The van der Waals surface area contributed by atoms with E-state index in [9.17, 15) is 0 Å². The molecule has 0 fully saturated rings. The van der Waals surface area contributed by atoms with Crippen LogP contribution in [-0.4, -0.2) is 8.07 Å². The lowest BCUT2D eigenvalue weighted by atomic mass is 9.93. The van der Waals surface area contributed by atoms with Gasteiger partial charge in [-0.1, -0.05) is 224 Å². The van der Waals surface area contributed by atoms with Gasteiger partial charge in [-0.2, -0.15) is 0 Å². The molecule has 0 N–H and O–H groups in total. The molecule has 0 saturated heterocycles. The number of fused-ring (bicyclic) bond motifs is 8. The molecule has 0 radical (unpaired) electrons. The average Bonchev–Trinajstić information content (AvgIpc) is 3.84. The summed E-state index contributed by atoms with van der Waals surface area (Å²) in [4.78, 5) is 2.43. The van der Waals surface area contributed by atoms with Crippen molar-refractivity contribution in [3.05, 3.63) is 273 Å². The molecule has 0 aliphatic heterocycles. The third-order valence-electron chi connectivity index (χ3n) is 14.2. The first-order chi connectivity index (χ1) is 34.2. The molecule has 324 valence electrons. The standard InChI is InChI=1S/C66H45NOSi/c1-5-19-46(20-6-1)58-43-44-63(64-61-42-35-47-21-13-16-30-57(47)65(61)68-66(58)64)67(50-36-33-48(34-37-50)62-45-49-22-14-15-29-56(49)59-31-17-18-32-60(59)62)51-38-40-55(41-39-51)69(52-23-7-2-8-24-52,53-25-9-3-10-26-53)54-27-11-4-12-28-54/h1-45H. The van der Waals surface area contributed by atoms with E-state index in [2.05, 4.69) is 278 Å². The third-order valence-corrected chi connectivity index (χ3v) is 19.0. The van der Waals surface area contributed by atoms with Crippen LogP contribution in [0.5, 0.6) is 0 Å². The predicted molar refractivity (Wildman–Crippen MR) is 295 cm³/mol. The van der Waals surface area contributed by atoms with Gasteiger partial charge in [0, 0.05) is 27.7 Å². The molecule has 13 aromatic rings. The summed E-state index contributed by atoms with van der Waals surface area (Å²) in [5, 5.41) is 14.8. The van der Waals surface area contributed by atoms with Crippen molar-refractivity contribution in [1.29, 1.82) is 0 Å². The van der Waals surface area contributed by atoms with Crippen LogP contribution in [0.3, 0.4) is 0 Å². The molecule has 69 heavy (non-hydrogen) atoms. The van der Waals surface area contributed by atoms with Crippen LogP contribution in [0.2, 0.25) is 0 Å². The van der Waals surface area contributed by atoms with Gasteiger partial charge in [0.05, 0.1) is 11.1 Å². The van der Waals surface area contributed by atoms with E-state index in [0.29, 0.717) is 0 Å². The van der Waals surface area contributed by atoms with Gasteiger partial charge < -0.3 is 9.32 Å². The molecular formula is C66H45NOSi. The maximum atomic E-state index is 7.16. The minimum atomic E-state index is -2.78. The van der Waals surface area contributed by atoms with Crippen molar-refractivity contribution in [3.63, 3.8) is 0 Å². The molecule has 0 saturated carbocycles. The predicted octanol–water partition coefficient (Wildman–Crippen LogP) is 15.2. The highest BCUT2D eigenvalue weighted by atomic mass is 28.3. The molecule has 12 aromatic carbocycles. The average molecular weight is 896 g/mol. The third kappa shape index (κ3) is 6.70. The summed E-state index contributed by atoms with van der Waals surface area (Å²) in [6, 6.07) is 100. The van der Waals surface area contributed by atoms with E-state index in [1.807, 2.05) is 0 Å². The fraction of sp³-hybridized carbons (Fsp3) is 0. The van der Waals surface area contributed by atoms with Crippen LogP contribution in [0, 0.1) is 0 Å². The highest BCUT2D eigenvalue weighted by molar-refractivity contribution is 7.19. The molecule has 0 aliphatic carbocycles. The summed E-state index contributed by atoms with van der Waals surface area (Å²) in [5.74, 6) is 0. The van der Waals surface area contributed by atoms with E-state index >= 15 is 0 Å². The van der Waals surface area contributed by atoms with Crippen LogP contribution in [0.15, 0.2) is 277 Å². The number of hydrogen-bond acceptors (Lipinski definition) is 2. The Kier molecular flexibility index (Phi) is 9.88. The van der Waals surface area contributed by atoms with Crippen LogP contribution in [0.25, 0.3) is 76.5 Å². The SMILES string of the molecule is c1ccc(-c2ccc(N(c3ccc(-c4cc5ccccc5c5ccccc45)cc3)c3ccc([Si](c4ccccc4)(c4ccccc4)c4ccccc4)cc3)c3c2oc2c4ccccc4ccc23)cc1. The van der Waals surface area contributed by atoms with E-state index in [0.717, 1.165) is 60.9 Å². The molecular weight excluding hydrogens is 851 g/mol. The molecule has 0 atom stereocenters. The number of furan rings is 1. The van der Waals surface area contributed by atoms with E-state index in [1.54, 1.807) is 0 Å². The zero-order valence-corrected chi connectivity index (χ0v) is 38.8. The molecule has 13 rings (SSSR count). The molecule has 2 nitrogen and oxygen atoms in total. The molecule has 0 aliphatic rings. The van der Waals surface area contributed by atoms with Gasteiger partial charge in [-0.15, -0.1) is 0 Å². The van der Waals surface area contributed by atoms with Gasteiger partial charge in [0.25, 0.3) is 0 Å². The van der Waals surface area contributed by atoms with E-state index in [4.69, 9.17) is 4.42 Å². The number of benzene rings is 12. The lowest BCUT2D eigenvalue weighted by Crippen LogP contribution is -2.74. The second kappa shape index (κ2) is 16.8. The minimum absolute atomic E-state index is 0.870. The van der Waals surface area contributed by atoms with Crippen molar-refractivity contribution in [1.82, 2.24) is 0 Å². The van der Waals surface area contributed by atoms with Gasteiger partial charge in [-0.25, -0.2) is 0 Å². The molecule has 0 amide bonds. The van der Waals surface area contributed by atoms with Gasteiger partial charge in [0.2, 0.25) is 0 Å². The van der Waals surface area contributed by atoms with Crippen molar-refractivity contribution in [2.75, 3.05) is 4.90 Å². The molecule has 3 heteroatoms. The fourth-order valence-corrected chi connectivity index (χ4v) is 15.8. The highest BCUT2D eigenvalue weighted by Crippen LogP contribution is 2.48. The number of rotatable bonds is 9. The Morgan fingerprint density at radius 3 is 1.39 bits per heavy atom. The lowest BCUT2D eigenvalue weighted by Gasteiger charge is -2.35. The number of nitrogens with zero attached hydrogens (tertiary/aromatic N) is 1.